The summed E-state index contributed by atoms with van der Waals surface area (Å²) in [4.78, 5) is 59.2. The highest BCUT2D eigenvalue weighted by Gasteiger charge is 2.23. The Labute approximate surface area is 280 Å². The number of hydrogen-bond donors (Lipinski definition) is 2. The molecule has 0 saturated carbocycles. The highest BCUT2D eigenvalue weighted by atomic mass is 16.5. The number of benzene rings is 4. The Hall–Kier alpha value is -5.84. The first-order valence-electron chi connectivity index (χ1n) is 15.8. The summed E-state index contributed by atoms with van der Waals surface area (Å²) in [5, 5.41) is 5.42. The molecule has 1 saturated heterocycles. The zero-order valence-electron chi connectivity index (χ0n) is 27.2. The van der Waals surface area contributed by atoms with Gasteiger partial charge >= 0.3 is 6.03 Å². The van der Waals surface area contributed by atoms with Crippen LogP contribution in [0.15, 0.2) is 109 Å². The maximum absolute atomic E-state index is 13.7. The van der Waals surface area contributed by atoms with Crippen molar-refractivity contribution in [1.29, 1.82) is 0 Å². The molecular formula is C37H40N6O5. The maximum atomic E-state index is 13.7. The summed E-state index contributed by atoms with van der Waals surface area (Å²) < 4.78 is 5.81. The number of ether oxygens (including phenoxy) is 1. The van der Waals surface area contributed by atoms with Crippen LogP contribution >= 0.6 is 0 Å². The molecule has 2 N–H and O–H groups in total. The standard InChI is InChI=1S/C37H40N6O5/c1-40(29-14-5-3-6-15-29)35(45)26-43(32-19-12-20-33(24-32)48-27-36(46)41(2)30-16-7-4-8-17-30)34(44)25-38-37(47)39-28-13-11-18-31(23-28)42-21-9-10-22-42/h3-8,11-20,23-24H,9-10,21-22,25-27H2,1-2H3,(H2,38,39,47). The summed E-state index contributed by atoms with van der Waals surface area (Å²) >= 11 is 0. The monoisotopic (exact) mass is 648 g/mol. The highest BCUT2D eigenvalue weighted by molar-refractivity contribution is 6.05. The van der Waals surface area contributed by atoms with E-state index in [4.69, 9.17) is 4.74 Å². The molecule has 11 nitrogen and oxygen atoms in total. The third-order valence-electron chi connectivity index (χ3n) is 8.10. The fourth-order valence-electron chi connectivity index (χ4n) is 5.32. The molecule has 1 aliphatic rings. The first-order chi connectivity index (χ1) is 23.3. The molecule has 0 bridgehead atoms. The van der Waals surface area contributed by atoms with Gasteiger partial charge in [0.1, 0.15) is 12.3 Å². The minimum Gasteiger partial charge on any atom is -0.484 e. The first-order valence-corrected chi connectivity index (χ1v) is 15.8. The number of nitrogens with zero attached hydrogens (tertiary/aromatic N) is 4. The van der Waals surface area contributed by atoms with Crippen LogP contribution in [-0.2, 0) is 14.4 Å². The Morgan fingerprint density at radius 3 is 1.96 bits per heavy atom. The molecule has 1 aliphatic heterocycles. The predicted molar refractivity (Wildman–Crippen MR) is 189 cm³/mol. The van der Waals surface area contributed by atoms with Crippen LogP contribution in [0.2, 0.25) is 0 Å². The second kappa shape index (κ2) is 16.1. The SMILES string of the molecule is CN(C(=O)COc1cccc(N(CC(=O)N(C)c2ccccc2)C(=O)CNC(=O)Nc2cccc(N3CCCC3)c2)c1)c1ccccc1. The van der Waals surface area contributed by atoms with Crippen molar-refractivity contribution >= 4 is 52.2 Å². The number of carbonyl (C=O) groups excluding carboxylic acids is 4. The number of rotatable bonds is 12. The zero-order chi connectivity index (χ0) is 33.9. The molecule has 5 amide bonds. The van der Waals surface area contributed by atoms with Gasteiger partial charge in [-0.15, -0.1) is 0 Å². The Morgan fingerprint density at radius 2 is 1.29 bits per heavy atom. The number of amides is 5. The lowest BCUT2D eigenvalue weighted by Crippen LogP contribution is -2.46. The smallest absolute Gasteiger partial charge is 0.319 e. The fraction of sp³-hybridized carbons (Fsp3) is 0.243. The van der Waals surface area contributed by atoms with Crippen LogP contribution in [0.4, 0.5) is 33.2 Å². The molecule has 11 heteroatoms. The molecule has 4 aromatic rings. The molecule has 0 aromatic heterocycles. The lowest BCUT2D eigenvalue weighted by molar-refractivity contribution is -0.121. The minimum absolute atomic E-state index is 0.237. The van der Waals surface area contributed by atoms with E-state index in [0.29, 0.717) is 22.8 Å². The maximum Gasteiger partial charge on any atom is 0.319 e. The van der Waals surface area contributed by atoms with Crippen molar-refractivity contribution in [2.24, 2.45) is 0 Å². The molecule has 1 heterocycles. The van der Waals surface area contributed by atoms with Crippen LogP contribution in [0.1, 0.15) is 12.8 Å². The van der Waals surface area contributed by atoms with Crippen LogP contribution in [0.3, 0.4) is 0 Å². The van der Waals surface area contributed by atoms with Gasteiger partial charge < -0.3 is 35.0 Å². The summed E-state index contributed by atoms with van der Waals surface area (Å²) in [5.74, 6) is -0.778. The van der Waals surface area contributed by atoms with Gasteiger partial charge in [0.15, 0.2) is 6.61 Å². The van der Waals surface area contributed by atoms with Gasteiger partial charge in [0.2, 0.25) is 11.8 Å². The van der Waals surface area contributed by atoms with E-state index in [1.807, 2.05) is 66.7 Å². The third kappa shape index (κ3) is 8.91. The van der Waals surface area contributed by atoms with Crippen molar-refractivity contribution in [2.75, 3.05) is 71.8 Å². The fourth-order valence-corrected chi connectivity index (χ4v) is 5.32. The van der Waals surface area contributed by atoms with Crippen LogP contribution in [-0.4, -0.2) is 70.6 Å². The van der Waals surface area contributed by atoms with Crippen LogP contribution < -0.4 is 35.0 Å². The van der Waals surface area contributed by atoms with Gasteiger partial charge in [-0.3, -0.25) is 14.4 Å². The van der Waals surface area contributed by atoms with Gasteiger partial charge in [0.05, 0.1) is 6.54 Å². The molecule has 0 atom stereocenters. The molecule has 0 unspecified atom stereocenters. The number of urea groups is 1. The van der Waals surface area contributed by atoms with Crippen molar-refractivity contribution in [1.82, 2.24) is 5.32 Å². The molecule has 0 aliphatic carbocycles. The lowest BCUT2D eigenvalue weighted by Gasteiger charge is -2.26. The summed E-state index contributed by atoms with van der Waals surface area (Å²) in [6, 6.07) is 31.9. The van der Waals surface area contributed by atoms with Gasteiger partial charge in [-0.1, -0.05) is 48.5 Å². The van der Waals surface area contributed by atoms with Crippen LogP contribution in [0.5, 0.6) is 5.75 Å². The number of likely N-dealkylation sites (N-methyl/N-ethyl adjacent to an activating group) is 2. The van der Waals surface area contributed by atoms with E-state index in [2.05, 4.69) is 15.5 Å². The van der Waals surface area contributed by atoms with Gasteiger partial charge in [-0.05, 0) is 67.4 Å². The Balaban J connectivity index is 1.27. The van der Waals surface area contributed by atoms with Crippen molar-refractivity contribution in [3.05, 3.63) is 109 Å². The zero-order valence-corrected chi connectivity index (χ0v) is 27.2. The average Bonchev–Trinajstić information content (AvgIpc) is 3.67. The Kier molecular flexibility index (Phi) is 11.3. The van der Waals surface area contributed by atoms with E-state index in [0.717, 1.165) is 37.3 Å². The summed E-state index contributed by atoms with van der Waals surface area (Å²) in [5.41, 5.74) is 3.41. The van der Waals surface area contributed by atoms with Gasteiger partial charge in [-0.2, -0.15) is 0 Å². The van der Waals surface area contributed by atoms with E-state index in [1.165, 1.54) is 14.7 Å². The molecule has 5 rings (SSSR count). The van der Waals surface area contributed by atoms with E-state index in [1.54, 1.807) is 56.6 Å². The van der Waals surface area contributed by atoms with Crippen LogP contribution in [0.25, 0.3) is 0 Å². The average molecular weight is 649 g/mol. The second-order valence-corrected chi connectivity index (χ2v) is 11.4. The summed E-state index contributed by atoms with van der Waals surface area (Å²) in [6.45, 7) is 1.05. The quantitative estimate of drug-likeness (QED) is 0.220. The highest BCUT2D eigenvalue weighted by Crippen LogP contribution is 2.24. The topological polar surface area (TPSA) is 115 Å². The largest absolute Gasteiger partial charge is 0.484 e. The van der Waals surface area contributed by atoms with E-state index in [9.17, 15) is 19.2 Å². The third-order valence-corrected chi connectivity index (χ3v) is 8.10. The minimum atomic E-state index is -0.548. The Morgan fingerprint density at radius 1 is 0.688 bits per heavy atom. The molecule has 1 fully saturated rings. The van der Waals surface area contributed by atoms with Crippen LogP contribution in [0, 0.1) is 0 Å². The number of hydrogen-bond acceptors (Lipinski definition) is 6. The normalized spacial score (nSPS) is 12.2. The molecule has 248 valence electrons. The number of carbonyl (C=O) groups is 4. The molecule has 0 radical (unpaired) electrons. The Bertz CT molecular complexity index is 1710. The summed E-state index contributed by atoms with van der Waals surface area (Å²) in [6.07, 6.45) is 2.28. The lowest BCUT2D eigenvalue weighted by atomic mass is 10.2. The van der Waals surface area contributed by atoms with E-state index >= 15 is 0 Å². The van der Waals surface area contributed by atoms with E-state index in [-0.39, 0.29) is 31.5 Å². The number of para-hydroxylation sites is 2. The van der Waals surface area contributed by atoms with Gasteiger partial charge in [0, 0.05) is 61.7 Å². The van der Waals surface area contributed by atoms with Crippen molar-refractivity contribution in [3.8, 4) is 5.75 Å². The molecular weight excluding hydrogens is 608 g/mol. The summed E-state index contributed by atoms with van der Waals surface area (Å²) in [7, 11) is 3.30. The second-order valence-electron chi connectivity index (χ2n) is 11.4. The molecule has 0 spiro atoms. The van der Waals surface area contributed by atoms with Gasteiger partial charge in [-0.25, -0.2) is 4.79 Å². The number of anilines is 5. The first kappa shape index (κ1) is 33.5. The van der Waals surface area contributed by atoms with Gasteiger partial charge in [0.25, 0.3) is 5.91 Å². The predicted octanol–water partition coefficient (Wildman–Crippen LogP) is 5.15. The molecule has 4 aromatic carbocycles. The van der Waals surface area contributed by atoms with Crippen molar-refractivity contribution < 1.29 is 23.9 Å². The molecule has 48 heavy (non-hydrogen) atoms. The van der Waals surface area contributed by atoms with Crippen molar-refractivity contribution in [2.45, 2.75) is 12.8 Å². The van der Waals surface area contributed by atoms with E-state index < -0.39 is 11.9 Å². The van der Waals surface area contributed by atoms with Crippen molar-refractivity contribution in [3.63, 3.8) is 0 Å². The number of nitrogens with one attached hydrogen (secondary N) is 2.